The van der Waals surface area contributed by atoms with Crippen molar-refractivity contribution in [2.75, 3.05) is 0 Å². The van der Waals surface area contributed by atoms with Crippen LogP contribution in [0.4, 0.5) is 0 Å². The van der Waals surface area contributed by atoms with Gasteiger partial charge in [0.2, 0.25) is 8.32 Å². The van der Waals surface area contributed by atoms with Crippen molar-refractivity contribution in [3.63, 3.8) is 0 Å². The van der Waals surface area contributed by atoms with E-state index in [1.165, 1.54) is 25.0 Å². The molecule has 0 heterocycles. The van der Waals surface area contributed by atoms with Crippen LogP contribution < -0.4 is 0 Å². The van der Waals surface area contributed by atoms with Gasteiger partial charge in [-0.05, 0) is 38.6 Å². The normalized spacial score (nSPS) is 13.2. The van der Waals surface area contributed by atoms with E-state index >= 15 is 0 Å². The van der Waals surface area contributed by atoms with Crippen LogP contribution in [-0.4, -0.2) is 8.32 Å². The predicted octanol–water partition coefficient (Wildman–Crippen LogP) is 4.32. The van der Waals surface area contributed by atoms with Gasteiger partial charge in [-0.1, -0.05) is 20.3 Å². The molecule has 0 aliphatic carbocycles. The summed E-state index contributed by atoms with van der Waals surface area (Å²) >= 11 is 0. The summed E-state index contributed by atoms with van der Waals surface area (Å²) in [6.07, 6.45) is 7.01. The molecule has 1 nitrogen and oxygen atoms in total. The highest BCUT2D eigenvalue weighted by molar-refractivity contribution is 6.70. The summed E-state index contributed by atoms with van der Waals surface area (Å²) in [7, 11) is -1.37. The predicted molar refractivity (Wildman–Crippen MR) is 62.3 cm³/mol. The molecule has 0 aromatic carbocycles. The zero-order chi connectivity index (χ0) is 10.3. The molecular weight excluding hydrogens is 176 g/mol. The van der Waals surface area contributed by atoms with Gasteiger partial charge in [-0.3, -0.25) is 0 Å². The van der Waals surface area contributed by atoms with Crippen molar-refractivity contribution in [1.82, 2.24) is 0 Å². The first-order valence-electron chi connectivity index (χ1n) is 5.37. The minimum Gasteiger partial charge on any atom is -0.548 e. The minimum atomic E-state index is -1.37. The summed E-state index contributed by atoms with van der Waals surface area (Å²) in [5.74, 6) is 1.20. The van der Waals surface area contributed by atoms with Crippen molar-refractivity contribution in [2.45, 2.75) is 59.2 Å². The lowest BCUT2D eigenvalue weighted by molar-refractivity contribution is 0.402. The van der Waals surface area contributed by atoms with Gasteiger partial charge in [0.1, 0.15) is 0 Å². The second-order valence-corrected chi connectivity index (χ2v) is 8.81. The Bertz CT molecular complexity index is 156. The van der Waals surface area contributed by atoms with Crippen LogP contribution >= 0.6 is 0 Å². The monoisotopic (exact) mass is 200 g/mol. The lowest BCUT2D eigenvalue weighted by Gasteiger charge is -2.21. The van der Waals surface area contributed by atoms with E-state index in [4.69, 9.17) is 4.43 Å². The molecule has 0 rings (SSSR count). The van der Waals surface area contributed by atoms with Crippen molar-refractivity contribution in [3.05, 3.63) is 11.8 Å². The highest BCUT2D eigenvalue weighted by Gasteiger charge is 2.16. The molecule has 0 aromatic rings. The fourth-order valence-electron chi connectivity index (χ4n) is 1.12. The number of allylic oxidation sites excluding steroid dienone is 2. The maximum absolute atomic E-state index is 5.93. The van der Waals surface area contributed by atoms with Gasteiger partial charge in [0, 0.05) is 6.42 Å². The third kappa shape index (κ3) is 8.10. The van der Waals surface area contributed by atoms with Crippen LogP contribution in [0, 0.1) is 0 Å². The lowest BCUT2D eigenvalue weighted by atomic mass is 10.2. The van der Waals surface area contributed by atoms with Crippen LogP contribution in [0.1, 0.15) is 39.5 Å². The zero-order valence-electron chi connectivity index (χ0n) is 9.81. The van der Waals surface area contributed by atoms with Crippen molar-refractivity contribution in [1.29, 1.82) is 0 Å². The van der Waals surface area contributed by atoms with Crippen LogP contribution in [0.15, 0.2) is 11.8 Å². The van der Waals surface area contributed by atoms with Crippen molar-refractivity contribution in [3.8, 4) is 0 Å². The molecule has 0 bridgehead atoms. The first-order chi connectivity index (χ1) is 5.99. The molecule has 2 heteroatoms. The van der Waals surface area contributed by atoms with Gasteiger partial charge in [0.05, 0.1) is 5.76 Å². The lowest BCUT2D eigenvalue weighted by Crippen LogP contribution is -2.24. The molecule has 0 saturated carbocycles. The zero-order valence-corrected chi connectivity index (χ0v) is 10.8. The summed E-state index contributed by atoms with van der Waals surface area (Å²) in [6, 6.07) is 0. The third-order valence-corrected chi connectivity index (χ3v) is 2.59. The Morgan fingerprint density at radius 1 is 1.23 bits per heavy atom. The molecule has 78 valence electrons. The van der Waals surface area contributed by atoms with E-state index in [1.54, 1.807) is 0 Å². The number of unbranched alkanes of at least 4 members (excludes halogenated alkanes) is 2. The Morgan fingerprint density at radius 2 is 1.85 bits per heavy atom. The third-order valence-electron chi connectivity index (χ3n) is 1.72. The highest BCUT2D eigenvalue weighted by Crippen LogP contribution is 2.14. The average molecular weight is 200 g/mol. The molecule has 0 unspecified atom stereocenters. The molecule has 0 amide bonds. The molecule has 13 heavy (non-hydrogen) atoms. The Kier molecular flexibility index (Phi) is 6.13. The van der Waals surface area contributed by atoms with Gasteiger partial charge in [0.15, 0.2) is 0 Å². The molecular formula is C11H24OSi. The van der Waals surface area contributed by atoms with Crippen LogP contribution in [0.5, 0.6) is 0 Å². The first-order valence-corrected chi connectivity index (χ1v) is 8.78. The van der Waals surface area contributed by atoms with Gasteiger partial charge in [0.25, 0.3) is 0 Å². The molecule has 0 spiro atoms. The van der Waals surface area contributed by atoms with E-state index in [2.05, 4.69) is 39.6 Å². The summed E-state index contributed by atoms with van der Waals surface area (Å²) in [5, 5.41) is 0. The molecule has 0 aliphatic heterocycles. The van der Waals surface area contributed by atoms with E-state index in [0.29, 0.717) is 0 Å². The molecule has 0 N–H and O–H groups in total. The Morgan fingerprint density at radius 3 is 2.23 bits per heavy atom. The fourth-order valence-corrected chi connectivity index (χ4v) is 2.13. The average Bonchev–Trinajstić information content (AvgIpc) is 2.01. The summed E-state index contributed by atoms with van der Waals surface area (Å²) < 4.78 is 5.93. The van der Waals surface area contributed by atoms with Gasteiger partial charge >= 0.3 is 0 Å². The Balaban J connectivity index is 3.94. The Labute approximate surface area is 84.3 Å². The Hall–Kier alpha value is -0.243. The molecule has 0 saturated heterocycles. The van der Waals surface area contributed by atoms with Crippen LogP contribution in [0.25, 0.3) is 0 Å². The minimum absolute atomic E-state index is 1.04. The second-order valence-electron chi connectivity index (χ2n) is 4.38. The fraction of sp³-hybridized carbons (Fsp3) is 0.818. The first kappa shape index (κ1) is 12.8. The molecule has 0 atom stereocenters. The van der Waals surface area contributed by atoms with Crippen LogP contribution in [0.2, 0.25) is 19.6 Å². The standard InChI is InChI=1S/C11H24OSi/c1-6-8-9-10-11(7-2)12-13(3,4)5/h10H,6-9H2,1-5H3. The highest BCUT2D eigenvalue weighted by atomic mass is 28.4. The van der Waals surface area contributed by atoms with E-state index in [-0.39, 0.29) is 0 Å². The van der Waals surface area contributed by atoms with Crippen molar-refractivity contribution < 1.29 is 4.43 Å². The van der Waals surface area contributed by atoms with E-state index in [0.717, 1.165) is 6.42 Å². The number of rotatable bonds is 6. The second kappa shape index (κ2) is 6.25. The topological polar surface area (TPSA) is 9.23 Å². The molecule has 0 radical (unpaired) electrons. The van der Waals surface area contributed by atoms with Gasteiger partial charge < -0.3 is 4.43 Å². The summed E-state index contributed by atoms with van der Waals surface area (Å²) in [5.41, 5.74) is 0. The maximum atomic E-state index is 5.93. The van der Waals surface area contributed by atoms with Crippen molar-refractivity contribution in [2.24, 2.45) is 0 Å². The van der Waals surface area contributed by atoms with E-state index in [1.807, 2.05) is 0 Å². The van der Waals surface area contributed by atoms with Gasteiger partial charge in [-0.2, -0.15) is 0 Å². The van der Waals surface area contributed by atoms with Gasteiger partial charge in [-0.15, -0.1) is 0 Å². The quantitative estimate of drug-likeness (QED) is 0.352. The van der Waals surface area contributed by atoms with Crippen LogP contribution in [0.3, 0.4) is 0 Å². The number of hydrogen-bond donors (Lipinski definition) is 0. The van der Waals surface area contributed by atoms with Crippen LogP contribution in [-0.2, 0) is 4.43 Å². The summed E-state index contributed by atoms with van der Waals surface area (Å²) in [6.45, 7) is 11.1. The smallest absolute Gasteiger partial charge is 0.241 e. The largest absolute Gasteiger partial charge is 0.548 e. The van der Waals surface area contributed by atoms with E-state index < -0.39 is 8.32 Å². The molecule has 0 aliphatic rings. The number of hydrogen-bond acceptors (Lipinski definition) is 1. The van der Waals surface area contributed by atoms with E-state index in [9.17, 15) is 0 Å². The SMILES string of the molecule is CCCCC=C(CC)O[Si](C)(C)C. The molecule has 0 aromatic heterocycles. The van der Waals surface area contributed by atoms with Gasteiger partial charge in [-0.25, -0.2) is 0 Å². The van der Waals surface area contributed by atoms with Crippen molar-refractivity contribution >= 4 is 8.32 Å². The maximum Gasteiger partial charge on any atom is 0.241 e. The summed E-state index contributed by atoms with van der Waals surface area (Å²) in [4.78, 5) is 0. The molecule has 0 fully saturated rings.